The van der Waals surface area contributed by atoms with Crippen LogP contribution < -0.4 is 15.5 Å². The third-order valence-electron chi connectivity index (χ3n) is 3.13. The molecule has 0 heterocycles. The number of nitrogens with zero attached hydrogens (tertiary/aromatic N) is 1. The molecule has 2 aromatic carbocycles. The zero-order valence-electron chi connectivity index (χ0n) is 14.2. The Kier molecular flexibility index (Phi) is 6.71. The van der Waals surface area contributed by atoms with E-state index in [-0.39, 0.29) is 6.04 Å². The number of amides is 2. The minimum Gasteiger partial charge on any atom is -0.489 e. The topological polar surface area (TPSA) is 79.8 Å². The summed E-state index contributed by atoms with van der Waals surface area (Å²) in [5.74, 6) is -0.772. The van der Waals surface area contributed by atoms with Crippen LogP contribution in [-0.4, -0.2) is 24.1 Å². The number of carbonyl (C=O) groups excluding carboxylic acids is 2. The highest BCUT2D eigenvalue weighted by Crippen LogP contribution is 2.13. The molecule has 0 atom stereocenters. The molecule has 25 heavy (non-hydrogen) atoms. The molecule has 6 heteroatoms. The van der Waals surface area contributed by atoms with Crippen LogP contribution in [0.3, 0.4) is 0 Å². The number of hydrazone groups is 1. The molecule has 0 saturated heterocycles. The summed E-state index contributed by atoms with van der Waals surface area (Å²) in [4.78, 5) is 22.9. The summed E-state index contributed by atoms with van der Waals surface area (Å²) in [6.07, 6.45) is 1.46. The average molecular weight is 339 g/mol. The molecule has 0 aromatic heterocycles. The van der Waals surface area contributed by atoms with Gasteiger partial charge in [0.15, 0.2) is 0 Å². The molecule has 0 saturated carbocycles. The second-order valence-electron chi connectivity index (χ2n) is 5.67. The molecule has 0 aliphatic heterocycles. The SMILES string of the molecule is CC(C)NC(=O)C(=O)N/N=C\c1ccc(OCc2ccccc2)cc1. The van der Waals surface area contributed by atoms with E-state index in [1.54, 1.807) is 13.8 Å². The van der Waals surface area contributed by atoms with E-state index in [0.29, 0.717) is 6.61 Å². The minimum absolute atomic E-state index is 0.106. The first kappa shape index (κ1) is 18.2. The van der Waals surface area contributed by atoms with E-state index < -0.39 is 11.8 Å². The van der Waals surface area contributed by atoms with Crippen LogP contribution in [0.2, 0.25) is 0 Å². The maximum atomic E-state index is 11.5. The summed E-state index contributed by atoms with van der Waals surface area (Å²) >= 11 is 0. The maximum Gasteiger partial charge on any atom is 0.329 e. The fourth-order valence-electron chi connectivity index (χ4n) is 1.93. The number of hydrogen-bond donors (Lipinski definition) is 2. The summed E-state index contributed by atoms with van der Waals surface area (Å²) < 4.78 is 5.69. The van der Waals surface area contributed by atoms with Gasteiger partial charge >= 0.3 is 11.8 Å². The fourth-order valence-corrected chi connectivity index (χ4v) is 1.93. The van der Waals surface area contributed by atoms with Gasteiger partial charge in [0.2, 0.25) is 0 Å². The summed E-state index contributed by atoms with van der Waals surface area (Å²) in [5, 5.41) is 6.25. The normalized spacial score (nSPS) is 10.7. The quantitative estimate of drug-likeness (QED) is 0.481. The van der Waals surface area contributed by atoms with Crippen LogP contribution in [0.15, 0.2) is 59.7 Å². The van der Waals surface area contributed by atoms with E-state index >= 15 is 0 Å². The van der Waals surface area contributed by atoms with E-state index in [2.05, 4.69) is 15.8 Å². The van der Waals surface area contributed by atoms with Crippen LogP contribution in [0.1, 0.15) is 25.0 Å². The van der Waals surface area contributed by atoms with Gasteiger partial charge in [-0.2, -0.15) is 5.10 Å². The van der Waals surface area contributed by atoms with Crippen molar-refractivity contribution in [3.05, 3.63) is 65.7 Å². The third-order valence-corrected chi connectivity index (χ3v) is 3.13. The van der Waals surface area contributed by atoms with Crippen LogP contribution in [-0.2, 0) is 16.2 Å². The summed E-state index contributed by atoms with van der Waals surface area (Å²) in [6, 6.07) is 17.0. The second-order valence-corrected chi connectivity index (χ2v) is 5.67. The van der Waals surface area contributed by atoms with E-state index in [4.69, 9.17) is 4.74 Å². The zero-order valence-corrected chi connectivity index (χ0v) is 14.2. The second kappa shape index (κ2) is 9.22. The number of benzene rings is 2. The Hall–Kier alpha value is -3.15. The predicted molar refractivity (Wildman–Crippen MR) is 96.2 cm³/mol. The highest BCUT2D eigenvalue weighted by atomic mass is 16.5. The molecule has 2 rings (SSSR count). The van der Waals surface area contributed by atoms with Gasteiger partial charge in [0.05, 0.1) is 6.21 Å². The Balaban J connectivity index is 1.81. The lowest BCUT2D eigenvalue weighted by atomic mass is 10.2. The van der Waals surface area contributed by atoms with Crippen molar-refractivity contribution >= 4 is 18.0 Å². The van der Waals surface area contributed by atoms with Gasteiger partial charge in [-0.05, 0) is 49.2 Å². The third kappa shape index (κ3) is 6.47. The maximum absolute atomic E-state index is 11.5. The zero-order chi connectivity index (χ0) is 18.1. The van der Waals surface area contributed by atoms with Gasteiger partial charge in [0.25, 0.3) is 0 Å². The Morgan fingerprint density at radius 2 is 1.72 bits per heavy atom. The van der Waals surface area contributed by atoms with Gasteiger partial charge in [-0.15, -0.1) is 0 Å². The lowest BCUT2D eigenvalue weighted by molar-refractivity contribution is -0.139. The van der Waals surface area contributed by atoms with Crippen LogP contribution in [0.5, 0.6) is 5.75 Å². The Morgan fingerprint density at radius 3 is 2.36 bits per heavy atom. The molecule has 2 N–H and O–H groups in total. The lowest BCUT2D eigenvalue weighted by Crippen LogP contribution is -2.41. The van der Waals surface area contributed by atoms with Gasteiger partial charge < -0.3 is 10.1 Å². The van der Waals surface area contributed by atoms with Crippen molar-refractivity contribution in [2.75, 3.05) is 0 Å². The van der Waals surface area contributed by atoms with Gasteiger partial charge in [-0.1, -0.05) is 30.3 Å². The smallest absolute Gasteiger partial charge is 0.329 e. The number of rotatable bonds is 6. The predicted octanol–water partition coefficient (Wildman–Crippen LogP) is 2.24. The molecule has 6 nitrogen and oxygen atoms in total. The van der Waals surface area contributed by atoms with Crippen molar-refractivity contribution in [2.24, 2.45) is 5.10 Å². The van der Waals surface area contributed by atoms with Gasteiger partial charge in [-0.3, -0.25) is 9.59 Å². The van der Waals surface area contributed by atoms with Crippen molar-refractivity contribution < 1.29 is 14.3 Å². The highest BCUT2D eigenvalue weighted by Gasteiger charge is 2.12. The molecular weight excluding hydrogens is 318 g/mol. The molecule has 0 unspecified atom stereocenters. The van der Waals surface area contributed by atoms with Crippen molar-refractivity contribution in [2.45, 2.75) is 26.5 Å². The molecule has 0 aliphatic rings. The molecule has 0 fully saturated rings. The van der Waals surface area contributed by atoms with Crippen LogP contribution in [0, 0.1) is 0 Å². The van der Waals surface area contributed by atoms with Crippen molar-refractivity contribution in [1.29, 1.82) is 0 Å². The molecule has 0 bridgehead atoms. The average Bonchev–Trinajstić information content (AvgIpc) is 2.61. The first-order valence-corrected chi connectivity index (χ1v) is 7.95. The molecular formula is C19H21N3O3. The fraction of sp³-hybridized carbons (Fsp3) is 0.211. The number of hydrogen-bond acceptors (Lipinski definition) is 4. The molecule has 0 radical (unpaired) electrons. The first-order chi connectivity index (χ1) is 12.0. The molecule has 0 spiro atoms. The number of ether oxygens (including phenoxy) is 1. The largest absolute Gasteiger partial charge is 0.489 e. The molecule has 0 aliphatic carbocycles. The summed E-state index contributed by atoms with van der Waals surface area (Å²) in [5.41, 5.74) is 4.05. The summed E-state index contributed by atoms with van der Waals surface area (Å²) in [6.45, 7) is 4.04. The van der Waals surface area contributed by atoms with E-state index in [1.807, 2.05) is 54.6 Å². The van der Waals surface area contributed by atoms with E-state index in [0.717, 1.165) is 16.9 Å². The Bertz CT molecular complexity index is 725. The molecule has 2 aromatic rings. The first-order valence-electron chi connectivity index (χ1n) is 7.95. The van der Waals surface area contributed by atoms with Crippen LogP contribution in [0.4, 0.5) is 0 Å². The monoisotopic (exact) mass is 339 g/mol. The van der Waals surface area contributed by atoms with Gasteiger partial charge in [0.1, 0.15) is 12.4 Å². The number of carbonyl (C=O) groups is 2. The van der Waals surface area contributed by atoms with Gasteiger partial charge in [-0.25, -0.2) is 5.43 Å². The van der Waals surface area contributed by atoms with Crippen molar-refractivity contribution in [3.8, 4) is 5.75 Å². The molecule has 2 amide bonds. The summed E-state index contributed by atoms with van der Waals surface area (Å²) in [7, 11) is 0. The Morgan fingerprint density at radius 1 is 1.04 bits per heavy atom. The van der Waals surface area contributed by atoms with E-state index in [1.165, 1.54) is 6.21 Å². The molecule has 130 valence electrons. The van der Waals surface area contributed by atoms with Crippen LogP contribution >= 0.6 is 0 Å². The van der Waals surface area contributed by atoms with E-state index in [9.17, 15) is 9.59 Å². The number of nitrogens with one attached hydrogen (secondary N) is 2. The Labute approximate surface area is 146 Å². The van der Waals surface area contributed by atoms with Crippen LogP contribution in [0.25, 0.3) is 0 Å². The highest BCUT2D eigenvalue weighted by molar-refractivity contribution is 6.35. The standard InChI is InChI=1S/C19H21N3O3/c1-14(2)21-18(23)19(24)22-20-12-15-8-10-17(11-9-15)25-13-16-6-4-3-5-7-16/h3-12,14H,13H2,1-2H3,(H,21,23)(H,22,24)/b20-12-. The van der Waals surface area contributed by atoms with Gasteiger partial charge in [0, 0.05) is 6.04 Å². The van der Waals surface area contributed by atoms with Crippen molar-refractivity contribution in [1.82, 2.24) is 10.7 Å². The van der Waals surface area contributed by atoms with Crippen molar-refractivity contribution in [3.63, 3.8) is 0 Å². The lowest BCUT2D eigenvalue weighted by Gasteiger charge is -2.06. The minimum atomic E-state index is -0.798.